The minimum absolute atomic E-state index is 0.163. The highest BCUT2D eigenvalue weighted by Gasteiger charge is 2.10. The normalized spacial score (nSPS) is 10.0. The molecule has 0 fully saturated rings. The summed E-state index contributed by atoms with van der Waals surface area (Å²) in [6, 6.07) is 1.96. The van der Waals surface area contributed by atoms with E-state index in [4.69, 9.17) is 9.78 Å². The number of aromatic nitrogens is 2. The van der Waals surface area contributed by atoms with E-state index in [2.05, 4.69) is 10.1 Å². The van der Waals surface area contributed by atoms with Crippen LogP contribution in [-0.4, -0.2) is 10.1 Å². The molecule has 14 heavy (non-hydrogen) atoms. The van der Waals surface area contributed by atoms with Gasteiger partial charge in [-0.15, -0.1) is 0 Å². The van der Waals surface area contributed by atoms with E-state index in [0.29, 0.717) is 11.7 Å². The van der Waals surface area contributed by atoms with Crippen LogP contribution >= 0.6 is 11.3 Å². The van der Waals surface area contributed by atoms with Crippen molar-refractivity contribution >= 4 is 11.3 Å². The lowest BCUT2D eigenvalue weighted by atomic mass is 10.2. The lowest BCUT2D eigenvalue weighted by Crippen LogP contribution is -1.82. The Kier molecular flexibility index (Phi) is 2.29. The average molecular weight is 205 g/mol. The number of nitrogens with zero attached hydrogens (tertiary/aromatic N) is 3. The monoisotopic (exact) mass is 205 g/mol. The molecule has 0 aliphatic carbocycles. The van der Waals surface area contributed by atoms with Gasteiger partial charge in [0.2, 0.25) is 11.7 Å². The summed E-state index contributed by atoms with van der Waals surface area (Å²) in [6.07, 6.45) is 0.163. The van der Waals surface area contributed by atoms with Gasteiger partial charge in [0.25, 0.3) is 0 Å². The molecule has 0 saturated heterocycles. The summed E-state index contributed by atoms with van der Waals surface area (Å²) in [5.74, 6) is 0.933. The zero-order chi connectivity index (χ0) is 9.97. The third kappa shape index (κ3) is 1.52. The summed E-state index contributed by atoms with van der Waals surface area (Å²) in [7, 11) is 0. The van der Waals surface area contributed by atoms with Crippen molar-refractivity contribution in [1.29, 1.82) is 5.26 Å². The fourth-order valence-corrected chi connectivity index (χ4v) is 1.92. The lowest BCUT2D eigenvalue weighted by Gasteiger charge is -1.88. The fourth-order valence-electron chi connectivity index (χ4n) is 1.09. The van der Waals surface area contributed by atoms with Gasteiger partial charge in [0.1, 0.15) is 6.42 Å². The number of aryl methyl sites for hydroxylation is 1. The summed E-state index contributed by atoms with van der Waals surface area (Å²) in [5, 5.41) is 16.2. The fraction of sp³-hybridized carbons (Fsp3) is 0.222. The molecule has 0 aromatic carbocycles. The molecule has 0 aliphatic rings. The topological polar surface area (TPSA) is 62.7 Å². The number of rotatable bonds is 2. The smallest absolute Gasteiger partial charge is 0.241 e. The van der Waals surface area contributed by atoms with E-state index >= 15 is 0 Å². The van der Waals surface area contributed by atoms with Crippen LogP contribution in [0.5, 0.6) is 0 Å². The second-order valence-corrected chi connectivity index (χ2v) is 3.56. The van der Waals surface area contributed by atoms with Crippen LogP contribution in [0, 0.1) is 18.3 Å². The Balaban J connectivity index is 2.35. The Labute approximate surface area is 84.8 Å². The molecule has 2 aromatic heterocycles. The molecular formula is C9H7N3OS. The summed E-state index contributed by atoms with van der Waals surface area (Å²) in [4.78, 5) is 4.11. The van der Waals surface area contributed by atoms with Crippen molar-refractivity contribution in [3.05, 3.63) is 22.2 Å². The highest BCUT2D eigenvalue weighted by Crippen LogP contribution is 2.23. The van der Waals surface area contributed by atoms with Crippen molar-refractivity contribution in [3.63, 3.8) is 0 Å². The van der Waals surface area contributed by atoms with Crippen molar-refractivity contribution in [2.75, 3.05) is 0 Å². The van der Waals surface area contributed by atoms with Crippen molar-refractivity contribution in [3.8, 4) is 17.5 Å². The molecule has 4 nitrogen and oxygen atoms in total. The van der Waals surface area contributed by atoms with Gasteiger partial charge in [-0.2, -0.15) is 21.6 Å². The van der Waals surface area contributed by atoms with Crippen LogP contribution in [0.25, 0.3) is 11.4 Å². The first-order valence-corrected chi connectivity index (χ1v) is 4.98. The Hall–Kier alpha value is -1.67. The molecule has 0 amide bonds. The van der Waals surface area contributed by atoms with Crippen LogP contribution in [0.15, 0.2) is 15.3 Å². The van der Waals surface area contributed by atoms with Gasteiger partial charge in [-0.05, 0) is 17.9 Å². The first-order chi connectivity index (χ1) is 6.81. The van der Waals surface area contributed by atoms with Gasteiger partial charge in [-0.1, -0.05) is 5.16 Å². The number of hydrogen-bond acceptors (Lipinski definition) is 5. The molecule has 0 unspecified atom stereocenters. The highest BCUT2D eigenvalue weighted by molar-refractivity contribution is 7.08. The van der Waals surface area contributed by atoms with Gasteiger partial charge in [0, 0.05) is 10.9 Å². The predicted molar refractivity (Wildman–Crippen MR) is 51.7 cm³/mol. The van der Waals surface area contributed by atoms with Crippen LogP contribution in [0.3, 0.4) is 0 Å². The van der Waals surface area contributed by atoms with E-state index in [1.54, 1.807) is 11.3 Å². The SMILES string of the molecule is Cc1cscc1-c1noc(CC#N)n1. The van der Waals surface area contributed by atoms with E-state index in [9.17, 15) is 0 Å². The molecule has 2 rings (SSSR count). The largest absolute Gasteiger partial charge is 0.338 e. The summed E-state index contributed by atoms with van der Waals surface area (Å²) < 4.78 is 4.90. The van der Waals surface area contributed by atoms with Crippen LogP contribution < -0.4 is 0 Å². The molecule has 70 valence electrons. The number of nitriles is 1. The highest BCUT2D eigenvalue weighted by atomic mass is 32.1. The van der Waals surface area contributed by atoms with Crippen LogP contribution in [0.2, 0.25) is 0 Å². The summed E-state index contributed by atoms with van der Waals surface area (Å²) >= 11 is 1.60. The lowest BCUT2D eigenvalue weighted by molar-refractivity contribution is 0.388. The maximum atomic E-state index is 8.44. The molecular weight excluding hydrogens is 198 g/mol. The van der Waals surface area contributed by atoms with Crippen LogP contribution in [0.4, 0.5) is 0 Å². The number of thiophene rings is 1. The van der Waals surface area contributed by atoms with E-state index in [-0.39, 0.29) is 6.42 Å². The minimum Gasteiger partial charge on any atom is -0.338 e. The Morgan fingerprint density at radius 3 is 3.07 bits per heavy atom. The molecule has 2 heterocycles. The van der Waals surface area contributed by atoms with E-state index in [1.807, 2.05) is 23.8 Å². The molecule has 0 bridgehead atoms. The first kappa shape index (κ1) is 8.91. The van der Waals surface area contributed by atoms with Gasteiger partial charge >= 0.3 is 0 Å². The quantitative estimate of drug-likeness (QED) is 0.753. The maximum Gasteiger partial charge on any atom is 0.241 e. The first-order valence-electron chi connectivity index (χ1n) is 4.04. The average Bonchev–Trinajstić information content (AvgIpc) is 2.74. The zero-order valence-electron chi connectivity index (χ0n) is 7.52. The molecule has 0 radical (unpaired) electrons. The third-order valence-electron chi connectivity index (χ3n) is 1.79. The van der Waals surface area contributed by atoms with Gasteiger partial charge in [0.05, 0.1) is 6.07 Å². The molecule has 0 atom stereocenters. The minimum atomic E-state index is 0.163. The molecule has 0 N–H and O–H groups in total. The number of hydrogen-bond donors (Lipinski definition) is 0. The van der Waals surface area contributed by atoms with Crippen molar-refractivity contribution < 1.29 is 4.52 Å². The Morgan fingerprint density at radius 2 is 2.43 bits per heavy atom. The molecule has 0 spiro atoms. The summed E-state index contributed by atoms with van der Waals surface area (Å²) in [5.41, 5.74) is 2.10. The maximum absolute atomic E-state index is 8.44. The van der Waals surface area contributed by atoms with E-state index in [1.165, 1.54) is 0 Å². The van der Waals surface area contributed by atoms with Gasteiger partial charge in [-0.25, -0.2) is 0 Å². The molecule has 0 saturated carbocycles. The van der Waals surface area contributed by atoms with Crippen molar-refractivity contribution in [2.45, 2.75) is 13.3 Å². The van der Waals surface area contributed by atoms with E-state index < -0.39 is 0 Å². The second kappa shape index (κ2) is 3.60. The van der Waals surface area contributed by atoms with Crippen molar-refractivity contribution in [2.24, 2.45) is 0 Å². The molecule has 2 aromatic rings. The molecule has 0 aliphatic heterocycles. The molecule has 5 heteroatoms. The van der Waals surface area contributed by atoms with E-state index in [0.717, 1.165) is 11.1 Å². The Morgan fingerprint density at radius 1 is 1.57 bits per heavy atom. The predicted octanol–water partition coefficient (Wildman–Crippen LogP) is 2.17. The van der Waals surface area contributed by atoms with Gasteiger partial charge in [0.15, 0.2) is 0 Å². The zero-order valence-corrected chi connectivity index (χ0v) is 8.34. The standard InChI is InChI=1S/C9H7N3OS/c1-6-4-14-5-7(6)9-11-8(2-3-10)13-12-9/h4-5H,2H2,1H3. The van der Waals surface area contributed by atoms with Crippen LogP contribution in [0.1, 0.15) is 11.5 Å². The van der Waals surface area contributed by atoms with Crippen molar-refractivity contribution in [1.82, 2.24) is 10.1 Å². The summed E-state index contributed by atoms with van der Waals surface area (Å²) in [6.45, 7) is 1.99. The van der Waals surface area contributed by atoms with Gasteiger partial charge < -0.3 is 4.52 Å². The Bertz CT molecular complexity index is 480. The van der Waals surface area contributed by atoms with Crippen LogP contribution in [-0.2, 0) is 6.42 Å². The third-order valence-corrected chi connectivity index (χ3v) is 2.66. The van der Waals surface area contributed by atoms with Gasteiger partial charge in [-0.3, -0.25) is 0 Å². The second-order valence-electron chi connectivity index (χ2n) is 2.82.